The van der Waals surface area contributed by atoms with E-state index in [1.54, 1.807) is 11.0 Å². The van der Waals surface area contributed by atoms with Crippen LogP contribution in [0.15, 0.2) is 41.8 Å². The van der Waals surface area contributed by atoms with Crippen LogP contribution in [-0.4, -0.2) is 49.7 Å². The SMILES string of the molecule is Cc1ccc(/C=C/S(=O)(=O)N2CCN(C(=O)c3ccc(C)s3)CC2)cc1. The molecule has 1 aliphatic rings. The number of carbonyl (C=O) groups excluding carboxylic acids is 1. The predicted molar refractivity (Wildman–Crippen MR) is 106 cm³/mol. The maximum Gasteiger partial charge on any atom is 0.264 e. The highest BCUT2D eigenvalue weighted by Gasteiger charge is 2.28. The predicted octanol–water partition coefficient (Wildman–Crippen LogP) is 3.12. The number of nitrogens with zero attached hydrogens (tertiary/aromatic N) is 2. The molecule has 1 saturated heterocycles. The zero-order valence-corrected chi connectivity index (χ0v) is 16.5. The molecule has 1 amide bonds. The molecule has 0 spiro atoms. The second-order valence-electron chi connectivity index (χ2n) is 6.36. The molecule has 0 saturated carbocycles. The topological polar surface area (TPSA) is 57.7 Å². The van der Waals surface area contributed by atoms with E-state index in [0.717, 1.165) is 16.0 Å². The summed E-state index contributed by atoms with van der Waals surface area (Å²) >= 11 is 1.47. The first-order valence-electron chi connectivity index (χ1n) is 8.46. The van der Waals surface area contributed by atoms with Crippen molar-refractivity contribution >= 4 is 33.3 Å². The van der Waals surface area contributed by atoms with Gasteiger partial charge in [0.15, 0.2) is 0 Å². The number of aryl methyl sites for hydroxylation is 2. The van der Waals surface area contributed by atoms with Gasteiger partial charge in [-0.1, -0.05) is 29.8 Å². The van der Waals surface area contributed by atoms with Crippen molar-refractivity contribution in [3.05, 3.63) is 62.7 Å². The highest BCUT2D eigenvalue weighted by molar-refractivity contribution is 7.92. The van der Waals surface area contributed by atoms with Gasteiger partial charge in [-0.2, -0.15) is 4.31 Å². The number of rotatable bonds is 4. The Morgan fingerprint density at radius 3 is 2.23 bits per heavy atom. The van der Waals surface area contributed by atoms with Gasteiger partial charge in [-0.3, -0.25) is 4.79 Å². The van der Waals surface area contributed by atoms with Gasteiger partial charge < -0.3 is 4.90 Å². The Kier molecular flexibility index (Phi) is 5.60. The van der Waals surface area contributed by atoms with Crippen molar-refractivity contribution in [3.8, 4) is 0 Å². The Morgan fingerprint density at radius 2 is 1.65 bits per heavy atom. The summed E-state index contributed by atoms with van der Waals surface area (Å²) in [6.45, 7) is 5.41. The molecule has 26 heavy (non-hydrogen) atoms. The van der Waals surface area contributed by atoms with E-state index in [-0.39, 0.29) is 5.91 Å². The molecule has 1 fully saturated rings. The summed E-state index contributed by atoms with van der Waals surface area (Å²) in [5.74, 6) is -0.0182. The molecule has 7 heteroatoms. The van der Waals surface area contributed by atoms with E-state index in [1.165, 1.54) is 21.1 Å². The molecule has 5 nitrogen and oxygen atoms in total. The third-order valence-corrected chi connectivity index (χ3v) is 6.90. The van der Waals surface area contributed by atoms with Gasteiger partial charge in [-0.05, 0) is 37.6 Å². The van der Waals surface area contributed by atoms with Gasteiger partial charge in [0.1, 0.15) is 0 Å². The fourth-order valence-electron chi connectivity index (χ4n) is 2.78. The lowest BCUT2D eigenvalue weighted by atomic mass is 10.2. The van der Waals surface area contributed by atoms with Crippen LogP contribution >= 0.6 is 11.3 Å². The summed E-state index contributed by atoms with van der Waals surface area (Å²) in [5, 5.41) is 1.25. The van der Waals surface area contributed by atoms with Crippen molar-refractivity contribution in [1.29, 1.82) is 0 Å². The lowest BCUT2D eigenvalue weighted by molar-refractivity contribution is 0.0703. The Hall–Kier alpha value is -1.96. The minimum atomic E-state index is -3.48. The van der Waals surface area contributed by atoms with E-state index in [0.29, 0.717) is 31.1 Å². The van der Waals surface area contributed by atoms with E-state index in [2.05, 4.69) is 0 Å². The van der Waals surface area contributed by atoms with Crippen molar-refractivity contribution in [1.82, 2.24) is 9.21 Å². The summed E-state index contributed by atoms with van der Waals surface area (Å²) in [6, 6.07) is 11.4. The van der Waals surface area contributed by atoms with E-state index < -0.39 is 10.0 Å². The maximum atomic E-state index is 12.5. The molecule has 0 radical (unpaired) electrons. The second kappa shape index (κ2) is 7.73. The molecule has 0 bridgehead atoms. The number of piperazine rings is 1. The molecular formula is C19H22N2O3S2. The Balaban J connectivity index is 1.61. The molecule has 3 rings (SSSR count). The maximum absolute atomic E-state index is 12.5. The minimum absolute atomic E-state index is 0.0182. The van der Waals surface area contributed by atoms with Crippen LogP contribution in [0.5, 0.6) is 0 Å². The van der Waals surface area contributed by atoms with Crippen LogP contribution in [0.25, 0.3) is 6.08 Å². The summed E-state index contributed by atoms with van der Waals surface area (Å²) in [4.78, 5) is 16.0. The molecule has 0 N–H and O–H groups in total. The minimum Gasteiger partial charge on any atom is -0.335 e. The van der Waals surface area contributed by atoms with Crippen LogP contribution in [0, 0.1) is 13.8 Å². The molecule has 0 aliphatic carbocycles. The summed E-state index contributed by atoms with van der Waals surface area (Å²) in [6.07, 6.45) is 1.61. The Labute approximate surface area is 158 Å². The lowest BCUT2D eigenvalue weighted by Crippen LogP contribution is -2.49. The Morgan fingerprint density at radius 1 is 1.00 bits per heavy atom. The molecule has 1 aromatic carbocycles. The van der Waals surface area contributed by atoms with Crippen molar-refractivity contribution < 1.29 is 13.2 Å². The van der Waals surface area contributed by atoms with Crippen LogP contribution < -0.4 is 0 Å². The fraction of sp³-hybridized carbons (Fsp3) is 0.316. The zero-order valence-electron chi connectivity index (χ0n) is 14.9. The molecule has 0 unspecified atom stereocenters. The van der Waals surface area contributed by atoms with Crippen LogP contribution in [0.4, 0.5) is 0 Å². The van der Waals surface area contributed by atoms with Crippen molar-refractivity contribution in [2.24, 2.45) is 0 Å². The summed E-state index contributed by atoms with van der Waals surface area (Å²) in [7, 11) is -3.48. The number of benzene rings is 1. The first-order valence-corrected chi connectivity index (χ1v) is 10.8. The normalized spacial score (nSPS) is 16.3. The fourth-order valence-corrected chi connectivity index (χ4v) is 4.79. The van der Waals surface area contributed by atoms with Crippen molar-refractivity contribution in [3.63, 3.8) is 0 Å². The first-order chi connectivity index (χ1) is 12.3. The zero-order chi connectivity index (χ0) is 18.7. The summed E-state index contributed by atoms with van der Waals surface area (Å²) in [5.41, 5.74) is 1.98. The van der Waals surface area contributed by atoms with E-state index in [9.17, 15) is 13.2 Å². The van der Waals surface area contributed by atoms with E-state index in [4.69, 9.17) is 0 Å². The third kappa shape index (κ3) is 4.41. The number of hydrogen-bond acceptors (Lipinski definition) is 4. The average Bonchev–Trinajstić information content (AvgIpc) is 3.07. The Bertz CT molecular complexity index is 907. The van der Waals surface area contributed by atoms with Crippen LogP contribution in [-0.2, 0) is 10.0 Å². The number of amides is 1. The molecular weight excluding hydrogens is 368 g/mol. The molecule has 1 aromatic heterocycles. The van der Waals surface area contributed by atoms with Gasteiger partial charge in [0.2, 0.25) is 10.0 Å². The van der Waals surface area contributed by atoms with Gasteiger partial charge in [0.25, 0.3) is 5.91 Å². The van der Waals surface area contributed by atoms with E-state index >= 15 is 0 Å². The number of carbonyl (C=O) groups is 1. The van der Waals surface area contributed by atoms with Crippen molar-refractivity contribution in [2.75, 3.05) is 26.2 Å². The van der Waals surface area contributed by atoms with Gasteiger partial charge >= 0.3 is 0 Å². The smallest absolute Gasteiger partial charge is 0.264 e. The molecule has 1 aliphatic heterocycles. The number of sulfonamides is 1. The van der Waals surface area contributed by atoms with Gasteiger partial charge in [0, 0.05) is 36.5 Å². The number of thiophene rings is 1. The summed E-state index contributed by atoms with van der Waals surface area (Å²) < 4.78 is 26.5. The average molecular weight is 391 g/mol. The standard InChI is InChI=1S/C19H22N2O3S2/c1-15-3-6-17(7-4-15)9-14-26(23,24)21-12-10-20(11-13-21)19(22)18-8-5-16(2)25-18/h3-9,14H,10-13H2,1-2H3/b14-9+. The number of hydrogen-bond donors (Lipinski definition) is 0. The van der Waals surface area contributed by atoms with Crippen LogP contribution in [0.3, 0.4) is 0 Å². The van der Waals surface area contributed by atoms with E-state index in [1.807, 2.05) is 50.2 Å². The second-order valence-corrected chi connectivity index (χ2v) is 9.47. The van der Waals surface area contributed by atoms with Gasteiger partial charge in [-0.25, -0.2) is 8.42 Å². The molecule has 138 valence electrons. The van der Waals surface area contributed by atoms with Gasteiger partial charge in [-0.15, -0.1) is 11.3 Å². The molecule has 2 heterocycles. The largest absolute Gasteiger partial charge is 0.335 e. The highest BCUT2D eigenvalue weighted by atomic mass is 32.2. The van der Waals surface area contributed by atoms with Crippen LogP contribution in [0.2, 0.25) is 0 Å². The quantitative estimate of drug-likeness (QED) is 0.806. The van der Waals surface area contributed by atoms with Crippen molar-refractivity contribution in [2.45, 2.75) is 13.8 Å². The first kappa shape index (κ1) is 18.8. The molecule has 0 atom stereocenters. The highest BCUT2D eigenvalue weighted by Crippen LogP contribution is 2.19. The monoisotopic (exact) mass is 390 g/mol. The lowest BCUT2D eigenvalue weighted by Gasteiger charge is -2.33. The molecule has 2 aromatic rings. The third-order valence-electron chi connectivity index (χ3n) is 4.35. The van der Waals surface area contributed by atoms with Crippen LogP contribution in [0.1, 0.15) is 25.7 Å². The van der Waals surface area contributed by atoms with Gasteiger partial charge in [0.05, 0.1) is 4.88 Å².